The van der Waals surface area contributed by atoms with Crippen molar-refractivity contribution in [1.82, 2.24) is 9.80 Å². The summed E-state index contributed by atoms with van der Waals surface area (Å²) in [6.45, 7) is 0.392. The van der Waals surface area contributed by atoms with Gasteiger partial charge in [0.15, 0.2) is 18.1 Å². The molecule has 126 valence electrons. The van der Waals surface area contributed by atoms with Crippen LogP contribution < -0.4 is 9.47 Å². The van der Waals surface area contributed by atoms with Gasteiger partial charge in [0.25, 0.3) is 5.91 Å². The Hall–Kier alpha value is -2.24. The van der Waals surface area contributed by atoms with E-state index in [1.54, 1.807) is 43.1 Å². The maximum atomic E-state index is 12.4. The summed E-state index contributed by atoms with van der Waals surface area (Å²) in [4.78, 5) is 27.4. The van der Waals surface area contributed by atoms with Crippen LogP contribution in [0.15, 0.2) is 24.3 Å². The minimum Gasteiger partial charge on any atom is -0.493 e. The van der Waals surface area contributed by atoms with E-state index in [-0.39, 0.29) is 24.5 Å². The molecule has 1 saturated carbocycles. The number of hydrogen-bond donors (Lipinski definition) is 0. The maximum absolute atomic E-state index is 12.4. The minimum atomic E-state index is -0.0926. The predicted octanol–water partition coefficient (Wildman–Crippen LogP) is 1.54. The van der Waals surface area contributed by atoms with Crippen molar-refractivity contribution in [3.05, 3.63) is 24.3 Å². The minimum absolute atomic E-state index is 0.0223. The molecule has 2 rings (SSSR count). The molecule has 1 aliphatic carbocycles. The summed E-state index contributed by atoms with van der Waals surface area (Å²) in [5.74, 6) is 1.07. The van der Waals surface area contributed by atoms with E-state index in [4.69, 9.17) is 9.47 Å². The Morgan fingerprint density at radius 1 is 1.13 bits per heavy atom. The van der Waals surface area contributed by atoms with E-state index < -0.39 is 0 Å². The lowest BCUT2D eigenvalue weighted by Gasteiger charge is -2.23. The monoisotopic (exact) mass is 320 g/mol. The fraction of sp³-hybridized carbons (Fsp3) is 0.529. The van der Waals surface area contributed by atoms with Crippen LogP contribution in [0.5, 0.6) is 11.5 Å². The van der Waals surface area contributed by atoms with Crippen LogP contribution >= 0.6 is 0 Å². The van der Waals surface area contributed by atoms with Crippen molar-refractivity contribution >= 4 is 11.8 Å². The normalized spacial score (nSPS) is 13.3. The molecule has 23 heavy (non-hydrogen) atoms. The van der Waals surface area contributed by atoms with E-state index in [0.29, 0.717) is 24.5 Å². The largest absolute Gasteiger partial charge is 0.493 e. The number of methoxy groups -OCH3 is 1. The Balaban J connectivity index is 1.90. The summed E-state index contributed by atoms with van der Waals surface area (Å²) in [7, 11) is 5.00. The lowest BCUT2D eigenvalue weighted by atomic mass is 10.3. The van der Waals surface area contributed by atoms with Gasteiger partial charge in [-0.25, -0.2) is 0 Å². The summed E-state index contributed by atoms with van der Waals surface area (Å²) in [5, 5.41) is 0. The fourth-order valence-corrected chi connectivity index (χ4v) is 2.30. The molecule has 0 bridgehead atoms. The fourth-order valence-electron chi connectivity index (χ4n) is 2.30. The zero-order valence-electron chi connectivity index (χ0n) is 13.9. The Kier molecular flexibility index (Phi) is 5.84. The first-order valence-corrected chi connectivity index (χ1v) is 7.78. The Labute approximate surface area is 137 Å². The van der Waals surface area contributed by atoms with Crippen LogP contribution in [0.3, 0.4) is 0 Å². The molecule has 6 heteroatoms. The van der Waals surface area contributed by atoms with E-state index in [2.05, 4.69) is 0 Å². The molecule has 1 aliphatic rings. The van der Waals surface area contributed by atoms with Crippen LogP contribution in [0.25, 0.3) is 0 Å². The van der Waals surface area contributed by atoms with Crippen LogP contribution in [-0.4, -0.2) is 62.0 Å². The van der Waals surface area contributed by atoms with Crippen molar-refractivity contribution in [3.63, 3.8) is 0 Å². The first-order chi connectivity index (χ1) is 11.0. The van der Waals surface area contributed by atoms with Gasteiger partial charge in [-0.2, -0.15) is 0 Å². The molecular formula is C17H24N2O4. The highest BCUT2D eigenvalue weighted by Gasteiger charge is 2.32. The number of hydrogen-bond acceptors (Lipinski definition) is 4. The van der Waals surface area contributed by atoms with Gasteiger partial charge in [0.05, 0.1) is 7.11 Å². The highest BCUT2D eigenvalue weighted by atomic mass is 16.5. The maximum Gasteiger partial charge on any atom is 0.260 e. The Bertz CT molecular complexity index is 555. The number of carbonyl (C=O) groups excluding carboxylic acids is 2. The molecule has 2 amide bonds. The molecule has 1 fully saturated rings. The molecule has 0 saturated heterocycles. The zero-order chi connectivity index (χ0) is 16.8. The summed E-state index contributed by atoms with van der Waals surface area (Å²) in [5.41, 5.74) is 0. The average Bonchev–Trinajstić information content (AvgIpc) is 3.37. The average molecular weight is 320 g/mol. The molecule has 1 aromatic carbocycles. The van der Waals surface area contributed by atoms with Crippen molar-refractivity contribution in [2.45, 2.75) is 25.3 Å². The lowest BCUT2D eigenvalue weighted by molar-refractivity contribution is -0.135. The third kappa shape index (κ3) is 4.87. The van der Waals surface area contributed by atoms with E-state index in [1.807, 2.05) is 12.1 Å². The molecule has 0 radical (unpaired) electrons. The van der Waals surface area contributed by atoms with Crippen molar-refractivity contribution in [1.29, 1.82) is 0 Å². The van der Waals surface area contributed by atoms with Crippen molar-refractivity contribution in [2.24, 2.45) is 0 Å². The summed E-state index contributed by atoms with van der Waals surface area (Å²) in [6, 6.07) is 7.48. The standard InChI is InChI=1S/C17H24N2O4/c1-18(2)16(20)10-11-19(13-8-9-13)17(21)12-23-15-7-5-4-6-14(15)22-3/h4-7,13H,8-12H2,1-3H3. The van der Waals surface area contributed by atoms with Crippen LogP contribution in [0.4, 0.5) is 0 Å². The third-order valence-corrected chi connectivity index (χ3v) is 3.79. The Morgan fingerprint density at radius 2 is 1.78 bits per heavy atom. The molecule has 0 aromatic heterocycles. The number of rotatable bonds is 8. The molecular weight excluding hydrogens is 296 g/mol. The first-order valence-electron chi connectivity index (χ1n) is 7.78. The van der Waals surface area contributed by atoms with Gasteiger partial charge >= 0.3 is 0 Å². The molecule has 6 nitrogen and oxygen atoms in total. The van der Waals surface area contributed by atoms with Gasteiger partial charge in [0.2, 0.25) is 5.91 Å². The van der Waals surface area contributed by atoms with Crippen molar-refractivity contribution in [3.8, 4) is 11.5 Å². The molecule has 0 atom stereocenters. The second-order valence-corrected chi connectivity index (χ2v) is 5.80. The number of nitrogens with zero attached hydrogens (tertiary/aromatic N) is 2. The third-order valence-electron chi connectivity index (χ3n) is 3.79. The SMILES string of the molecule is COc1ccccc1OCC(=O)N(CCC(=O)N(C)C)C1CC1. The van der Waals surface area contributed by atoms with Gasteiger partial charge in [0, 0.05) is 33.1 Å². The second-order valence-electron chi connectivity index (χ2n) is 5.80. The van der Waals surface area contributed by atoms with E-state index in [1.165, 1.54) is 0 Å². The highest BCUT2D eigenvalue weighted by Crippen LogP contribution is 2.28. The smallest absolute Gasteiger partial charge is 0.260 e. The number of amides is 2. The highest BCUT2D eigenvalue weighted by molar-refractivity contribution is 5.80. The van der Waals surface area contributed by atoms with Gasteiger partial charge in [-0.15, -0.1) is 0 Å². The summed E-state index contributed by atoms with van der Waals surface area (Å²) < 4.78 is 10.8. The van der Waals surface area contributed by atoms with Crippen LogP contribution in [0.1, 0.15) is 19.3 Å². The molecule has 0 N–H and O–H groups in total. The van der Waals surface area contributed by atoms with Gasteiger partial charge in [-0.1, -0.05) is 12.1 Å². The molecule has 0 heterocycles. The number of ether oxygens (including phenoxy) is 2. The van der Waals surface area contributed by atoms with Gasteiger partial charge in [-0.3, -0.25) is 9.59 Å². The van der Waals surface area contributed by atoms with Gasteiger partial charge in [-0.05, 0) is 25.0 Å². The van der Waals surface area contributed by atoms with E-state index in [0.717, 1.165) is 12.8 Å². The quantitative estimate of drug-likeness (QED) is 0.729. The van der Waals surface area contributed by atoms with Crippen molar-refractivity contribution in [2.75, 3.05) is 34.4 Å². The second kappa shape index (κ2) is 7.85. The van der Waals surface area contributed by atoms with E-state index in [9.17, 15) is 9.59 Å². The van der Waals surface area contributed by atoms with E-state index >= 15 is 0 Å². The van der Waals surface area contributed by atoms with Gasteiger partial charge < -0.3 is 19.3 Å². The van der Waals surface area contributed by atoms with Gasteiger partial charge in [0.1, 0.15) is 0 Å². The first kappa shape index (κ1) is 17.1. The number of carbonyl (C=O) groups is 2. The molecule has 1 aromatic rings. The molecule has 0 spiro atoms. The molecule has 0 aliphatic heterocycles. The Morgan fingerprint density at radius 3 is 2.35 bits per heavy atom. The van der Waals surface area contributed by atoms with Crippen molar-refractivity contribution < 1.29 is 19.1 Å². The predicted molar refractivity (Wildman–Crippen MR) is 86.5 cm³/mol. The zero-order valence-corrected chi connectivity index (χ0v) is 13.9. The van der Waals surface area contributed by atoms with Crippen LogP contribution in [0.2, 0.25) is 0 Å². The number of benzene rings is 1. The number of para-hydroxylation sites is 2. The molecule has 0 unspecified atom stereocenters. The lowest BCUT2D eigenvalue weighted by Crippen LogP contribution is -2.39. The van der Waals surface area contributed by atoms with Crippen LogP contribution in [0, 0.1) is 0 Å². The topological polar surface area (TPSA) is 59.1 Å². The summed E-state index contributed by atoms with van der Waals surface area (Å²) >= 11 is 0. The summed E-state index contributed by atoms with van der Waals surface area (Å²) in [6.07, 6.45) is 2.33. The van der Waals surface area contributed by atoms with Crippen LogP contribution in [-0.2, 0) is 9.59 Å².